The van der Waals surface area contributed by atoms with E-state index in [4.69, 9.17) is 0 Å². The molecule has 0 aliphatic heterocycles. The maximum atomic E-state index is 3.73. The minimum Gasteiger partial charge on any atom is -0.0985 e. The highest BCUT2D eigenvalue weighted by Gasteiger charge is 2.00. The molecule has 0 saturated heterocycles. The molecule has 2 atom stereocenters. The van der Waals surface area contributed by atoms with Gasteiger partial charge in [-0.25, -0.2) is 0 Å². The first-order chi connectivity index (χ1) is 10.6. The summed E-state index contributed by atoms with van der Waals surface area (Å²) in [6.45, 7) is 12.7. The molecule has 2 rings (SSSR count). The Labute approximate surface area is 136 Å². The van der Waals surface area contributed by atoms with Gasteiger partial charge in [0, 0.05) is 0 Å². The van der Waals surface area contributed by atoms with Crippen molar-refractivity contribution >= 4 is 6.08 Å². The molecule has 0 aliphatic carbocycles. The molecule has 0 saturated carbocycles. The van der Waals surface area contributed by atoms with Crippen molar-refractivity contribution in [2.24, 2.45) is 0 Å². The summed E-state index contributed by atoms with van der Waals surface area (Å²) >= 11 is 0. The molecule has 0 nitrogen and oxygen atoms in total. The van der Waals surface area contributed by atoms with Crippen LogP contribution in [-0.2, 0) is 0 Å². The second-order valence-electron chi connectivity index (χ2n) is 5.90. The van der Waals surface area contributed by atoms with E-state index in [9.17, 15) is 0 Å². The largest absolute Gasteiger partial charge is 0.0985 e. The number of hydrogen-bond donors (Lipinski definition) is 0. The van der Waals surface area contributed by atoms with Crippen LogP contribution in [0.2, 0.25) is 0 Å². The summed E-state index contributed by atoms with van der Waals surface area (Å²) in [5.74, 6) is 1.38. The van der Waals surface area contributed by atoms with Gasteiger partial charge in [0.05, 0.1) is 0 Å². The number of rotatable bonds is 5. The first-order valence-corrected chi connectivity index (χ1v) is 8.39. The molecule has 22 heavy (non-hydrogen) atoms. The molecule has 2 aromatic rings. The van der Waals surface area contributed by atoms with Gasteiger partial charge in [0.1, 0.15) is 0 Å². The fraction of sp³-hybridized carbons (Fsp3) is 0.364. The molecular weight excluding hydrogens is 264 g/mol. The van der Waals surface area contributed by atoms with Crippen molar-refractivity contribution in [2.75, 3.05) is 0 Å². The molecule has 0 heteroatoms. The molecule has 0 fully saturated rings. The Morgan fingerprint density at radius 1 is 0.773 bits per heavy atom. The summed E-state index contributed by atoms with van der Waals surface area (Å²) in [4.78, 5) is 0. The maximum Gasteiger partial charge on any atom is -0.0193 e. The Morgan fingerprint density at radius 2 is 1.23 bits per heavy atom. The van der Waals surface area contributed by atoms with Crippen LogP contribution in [0.1, 0.15) is 69.1 Å². The van der Waals surface area contributed by atoms with E-state index in [0.717, 1.165) is 0 Å². The van der Waals surface area contributed by atoms with Crippen molar-refractivity contribution in [3.05, 3.63) is 77.9 Å². The Hall–Kier alpha value is -1.82. The van der Waals surface area contributed by atoms with Crippen molar-refractivity contribution in [1.29, 1.82) is 0 Å². The summed E-state index contributed by atoms with van der Waals surface area (Å²) in [7, 11) is 0. The molecule has 0 N–H and O–H groups in total. The van der Waals surface area contributed by atoms with Crippen molar-refractivity contribution in [3.63, 3.8) is 0 Å². The third-order valence-corrected chi connectivity index (χ3v) is 4.33. The SMILES string of the molecule is C=Cc1ccc(C(C)CC)cc1.CCC(C)c1ccccc1. The van der Waals surface area contributed by atoms with Crippen molar-refractivity contribution in [3.8, 4) is 0 Å². The zero-order chi connectivity index (χ0) is 16.4. The minimum absolute atomic E-state index is 0.670. The van der Waals surface area contributed by atoms with Gasteiger partial charge >= 0.3 is 0 Å². The van der Waals surface area contributed by atoms with Crippen molar-refractivity contribution < 1.29 is 0 Å². The molecule has 0 spiro atoms. The Morgan fingerprint density at radius 3 is 1.64 bits per heavy atom. The smallest absolute Gasteiger partial charge is 0.0193 e. The van der Waals surface area contributed by atoms with Gasteiger partial charge in [-0.3, -0.25) is 0 Å². The van der Waals surface area contributed by atoms with E-state index in [1.807, 2.05) is 6.08 Å². The predicted octanol–water partition coefficient (Wildman–Crippen LogP) is 7.04. The van der Waals surface area contributed by atoms with E-state index in [1.54, 1.807) is 0 Å². The van der Waals surface area contributed by atoms with Gasteiger partial charge in [0.25, 0.3) is 0 Å². The highest BCUT2D eigenvalue weighted by atomic mass is 14.1. The molecule has 0 heterocycles. The van der Waals surface area contributed by atoms with E-state index in [2.05, 4.69) is 88.9 Å². The third kappa shape index (κ3) is 5.89. The molecule has 2 unspecified atom stereocenters. The summed E-state index contributed by atoms with van der Waals surface area (Å²) < 4.78 is 0. The average Bonchev–Trinajstić information content (AvgIpc) is 2.61. The first-order valence-electron chi connectivity index (χ1n) is 8.39. The molecule has 0 amide bonds. The quantitative estimate of drug-likeness (QED) is 0.554. The summed E-state index contributed by atoms with van der Waals surface area (Å²) in [5, 5.41) is 0. The van der Waals surface area contributed by atoms with E-state index in [-0.39, 0.29) is 0 Å². The van der Waals surface area contributed by atoms with Crippen LogP contribution in [-0.4, -0.2) is 0 Å². The number of hydrogen-bond acceptors (Lipinski definition) is 0. The Kier molecular flexibility index (Phi) is 8.28. The van der Waals surface area contributed by atoms with Gasteiger partial charge in [-0.1, -0.05) is 94.9 Å². The van der Waals surface area contributed by atoms with E-state index >= 15 is 0 Å². The summed E-state index contributed by atoms with van der Waals surface area (Å²) in [6.07, 6.45) is 4.30. The molecule has 0 aromatic heterocycles. The Balaban J connectivity index is 0.000000224. The van der Waals surface area contributed by atoms with Crippen LogP contribution in [0.25, 0.3) is 6.08 Å². The maximum absolute atomic E-state index is 3.73. The molecule has 0 bridgehead atoms. The highest BCUT2D eigenvalue weighted by molar-refractivity contribution is 5.47. The lowest BCUT2D eigenvalue weighted by atomic mass is 9.98. The lowest BCUT2D eigenvalue weighted by Crippen LogP contribution is -1.90. The summed E-state index contributed by atoms with van der Waals surface area (Å²) in [6, 6.07) is 19.2. The molecular formula is C22H30. The molecule has 2 aromatic carbocycles. The fourth-order valence-electron chi connectivity index (χ4n) is 2.21. The minimum atomic E-state index is 0.670. The average molecular weight is 294 g/mol. The lowest BCUT2D eigenvalue weighted by Gasteiger charge is -2.08. The van der Waals surface area contributed by atoms with Gasteiger partial charge in [0.2, 0.25) is 0 Å². The van der Waals surface area contributed by atoms with Crippen LogP contribution >= 0.6 is 0 Å². The third-order valence-electron chi connectivity index (χ3n) is 4.33. The van der Waals surface area contributed by atoms with Crippen LogP contribution in [0.5, 0.6) is 0 Å². The lowest BCUT2D eigenvalue weighted by molar-refractivity contribution is 0.733. The van der Waals surface area contributed by atoms with Gasteiger partial charge in [-0.2, -0.15) is 0 Å². The van der Waals surface area contributed by atoms with Crippen LogP contribution in [0, 0.1) is 0 Å². The van der Waals surface area contributed by atoms with Crippen LogP contribution in [0.3, 0.4) is 0 Å². The van der Waals surface area contributed by atoms with Gasteiger partial charge < -0.3 is 0 Å². The number of benzene rings is 2. The van der Waals surface area contributed by atoms with Crippen LogP contribution in [0.4, 0.5) is 0 Å². The van der Waals surface area contributed by atoms with Gasteiger partial charge in [0.15, 0.2) is 0 Å². The normalized spacial score (nSPS) is 12.7. The van der Waals surface area contributed by atoms with E-state index in [1.165, 1.54) is 29.5 Å². The molecule has 118 valence electrons. The van der Waals surface area contributed by atoms with Crippen molar-refractivity contribution in [1.82, 2.24) is 0 Å². The van der Waals surface area contributed by atoms with Crippen molar-refractivity contribution in [2.45, 2.75) is 52.4 Å². The standard InChI is InChI=1S/C12H16.C10H14/c1-4-10(3)12-8-6-11(5-2)7-9-12;1-3-9(2)10-7-5-4-6-8-10/h5-10H,2,4H2,1,3H3;4-9H,3H2,1-2H3. The zero-order valence-electron chi connectivity index (χ0n) is 14.5. The Bertz CT molecular complexity index is 522. The van der Waals surface area contributed by atoms with Crippen LogP contribution < -0.4 is 0 Å². The molecule has 0 radical (unpaired) electrons. The topological polar surface area (TPSA) is 0 Å². The second kappa shape index (κ2) is 10.00. The van der Waals surface area contributed by atoms with Gasteiger partial charge in [-0.15, -0.1) is 0 Å². The summed E-state index contributed by atoms with van der Waals surface area (Å²) in [5.41, 5.74) is 4.06. The second-order valence-corrected chi connectivity index (χ2v) is 5.90. The highest BCUT2D eigenvalue weighted by Crippen LogP contribution is 2.19. The zero-order valence-corrected chi connectivity index (χ0v) is 14.5. The van der Waals surface area contributed by atoms with E-state index < -0.39 is 0 Å². The van der Waals surface area contributed by atoms with E-state index in [0.29, 0.717) is 11.8 Å². The first kappa shape index (κ1) is 18.2. The molecule has 0 aliphatic rings. The van der Waals surface area contributed by atoms with Gasteiger partial charge in [-0.05, 0) is 41.4 Å². The van der Waals surface area contributed by atoms with Crippen LogP contribution in [0.15, 0.2) is 61.2 Å². The predicted molar refractivity (Wildman–Crippen MR) is 100 cm³/mol. The fourth-order valence-corrected chi connectivity index (χ4v) is 2.21. The monoisotopic (exact) mass is 294 g/mol.